The second kappa shape index (κ2) is 12.8. The summed E-state index contributed by atoms with van der Waals surface area (Å²) in [6.45, 7) is -7.40. The van der Waals surface area contributed by atoms with Gasteiger partial charge in [0.25, 0.3) is 0 Å². The SMILES string of the molecule is [2H]C([2H])(N)CC([2H])([2H])NCCCCNC([2H])([2H])CC([2H])([2H])N. The first-order valence-corrected chi connectivity index (χ1v) is 4.70. The van der Waals surface area contributed by atoms with Crippen molar-refractivity contribution >= 4 is 0 Å². The fraction of sp³-hybridized carbons (Fsp3) is 1.00. The molecule has 0 spiro atoms. The molecule has 0 bridgehead atoms. The van der Waals surface area contributed by atoms with E-state index in [1.807, 2.05) is 0 Å². The molecule has 0 radical (unpaired) electrons. The standard InChI is InChI=1S/C10H26N4/c11-5-3-9-13-7-1-2-8-14-10-4-6-12/h13-14H,1-12H2/i5D2,6D2,9D2,10D2. The van der Waals surface area contributed by atoms with Crippen LogP contribution in [0.15, 0.2) is 0 Å². The third kappa shape index (κ3) is 11.8. The highest BCUT2D eigenvalue weighted by molar-refractivity contribution is 4.52. The van der Waals surface area contributed by atoms with E-state index in [4.69, 9.17) is 22.4 Å². The minimum atomic E-state index is -2.09. The van der Waals surface area contributed by atoms with Crippen LogP contribution in [0.3, 0.4) is 0 Å². The smallest absolute Gasteiger partial charge is 0.0428 e. The number of nitrogens with two attached hydrogens (primary N) is 2. The van der Waals surface area contributed by atoms with Crippen LogP contribution in [0.4, 0.5) is 0 Å². The normalized spacial score (nSPS) is 23.3. The van der Waals surface area contributed by atoms with Crippen molar-refractivity contribution in [2.24, 2.45) is 11.5 Å². The summed E-state index contributed by atoms with van der Waals surface area (Å²) in [5.41, 5.74) is 10.3. The van der Waals surface area contributed by atoms with Crippen LogP contribution in [0.25, 0.3) is 0 Å². The topological polar surface area (TPSA) is 76.1 Å². The van der Waals surface area contributed by atoms with Crippen LogP contribution in [-0.4, -0.2) is 39.1 Å². The first kappa shape index (κ1) is 5.25. The van der Waals surface area contributed by atoms with Gasteiger partial charge < -0.3 is 22.1 Å². The van der Waals surface area contributed by atoms with Gasteiger partial charge in [-0.15, -0.1) is 0 Å². The van der Waals surface area contributed by atoms with Crippen molar-refractivity contribution in [2.75, 3.05) is 39.1 Å². The van der Waals surface area contributed by atoms with E-state index in [0.717, 1.165) is 0 Å². The highest BCUT2D eigenvalue weighted by atomic mass is 14.9. The molecule has 0 aliphatic carbocycles. The van der Waals surface area contributed by atoms with Crippen molar-refractivity contribution in [1.82, 2.24) is 10.6 Å². The molecule has 0 saturated heterocycles. The molecule has 14 heavy (non-hydrogen) atoms. The van der Waals surface area contributed by atoms with Crippen LogP contribution in [0.2, 0.25) is 0 Å². The van der Waals surface area contributed by atoms with E-state index >= 15 is 0 Å². The molecule has 0 aromatic heterocycles. The van der Waals surface area contributed by atoms with Crippen LogP contribution in [0, 0.1) is 0 Å². The maximum atomic E-state index is 7.56. The Kier molecular flexibility index (Phi) is 4.82. The summed E-state index contributed by atoms with van der Waals surface area (Å²) in [5.74, 6) is 0. The molecule has 4 heteroatoms. The summed E-state index contributed by atoms with van der Waals surface area (Å²) in [4.78, 5) is 0. The van der Waals surface area contributed by atoms with E-state index in [1.165, 1.54) is 0 Å². The van der Waals surface area contributed by atoms with Gasteiger partial charge in [-0.1, -0.05) is 0 Å². The Bertz CT molecular complexity index is 294. The lowest BCUT2D eigenvalue weighted by atomic mass is 10.3. The molecule has 86 valence electrons. The lowest BCUT2D eigenvalue weighted by molar-refractivity contribution is 0.570. The molecule has 0 rings (SSSR count). The van der Waals surface area contributed by atoms with Gasteiger partial charge in [-0.2, -0.15) is 0 Å². The third-order valence-corrected chi connectivity index (χ3v) is 1.48. The first-order chi connectivity index (χ1) is 9.62. The molecule has 0 saturated carbocycles. The van der Waals surface area contributed by atoms with E-state index in [1.54, 1.807) is 0 Å². The summed E-state index contributed by atoms with van der Waals surface area (Å²) in [6.07, 6.45) is 0.163. The van der Waals surface area contributed by atoms with Gasteiger partial charge in [0.05, 0.1) is 0 Å². The average Bonchev–Trinajstić information content (AvgIpc) is 2.15. The largest absolute Gasteiger partial charge is 0.330 e. The summed E-state index contributed by atoms with van der Waals surface area (Å²) >= 11 is 0. The van der Waals surface area contributed by atoms with E-state index in [0.29, 0.717) is 25.9 Å². The third-order valence-electron chi connectivity index (χ3n) is 1.48. The van der Waals surface area contributed by atoms with E-state index in [-0.39, 0.29) is 0 Å². The lowest BCUT2D eigenvalue weighted by Crippen LogP contribution is -2.22. The fourth-order valence-corrected chi connectivity index (χ4v) is 0.831. The van der Waals surface area contributed by atoms with Crippen LogP contribution in [0.5, 0.6) is 0 Å². The van der Waals surface area contributed by atoms with Crippen LogP contribution >= 0.6 is 0 Å². The second-order valence-electron chi connectivity index (χ2n) is 2.68. The van der Waals surface area contributed by atoms with Crippen molar-refractivity contribution in [3.63, 3.8) is 0 Å². The van der Waals surface area contributed by atoms with Gasteiger partial charge in [0.15, 0.2) is 0 Å². The van der Waals surface area contributed by atoms with Crippen molar-refractivity contribution in [1.29, 1.82) is 0 Å². The van der Waals surface area contributed by atoms with Gasteiger partial charge in [-0.05, 0) is 64.8 Å². The van der Waals surface area contributed by atoms with Gasteiger partial charge in [0.2, 0.25) is 0 Å². The summed E-state index contributed by atoms with van der Waals surface area (Å²) in [6, 6.07) is 0. The van der Waals surface area contributed by atoms with E-state index in [2.05, 4.69) is 10.6 Å². The van der Waals surface area contributed by atoms with Crippen LogP contribution in [0.1, 0.15) is 36.6 Å². The number of hydrogen-bond donors (Lipinski definition) is 4. The molecule has 0 fully saturated rings. The maximum absolute atomic E-state index is 7.56. The molecule has 0 aliphatic rings. The van der Waals surface area contributed by atoms with Crippen molar-refractivity contribution < 1.29 is 11.0 Å². The second-order valence-corrected chi connectivity index (χ2v) is 2.68. The predicted octanol–water partition coefficient (Wildman–Crippen LogP) is -0.357. The molecule has 0 heterocycles. The molecule has 6 N–H and O–H groups in total. The minimum absolute atomic E-state index is 0.297. The van der Waals surface area contributed by atoms with Crippen molar-refractivity contribution in [2.45, 2.75) is 25.7 Å². The van der Waals surface area contributed by atoms with Crippen LogP contribution in [-0.2, 0) is 0 Å². The Balaban J connectivity index is 3.86. The zero-order chi connectivity index (χ0) is 17.7. The fourth-order valence-electron chi connectivity index (χ4n) is 0.831. The predicted molar refractivity (Wildman–Crippen MR) is 62.3 cm³/mol. The molecule has 0 unspecified atom stereocenters. The number of rotatable bonds is 11. The lowest BCUT2D eigenvalue weighted by Gasteiger charge is -2.04. The van der Waals surface area contributed by atoms with Gasteiger partial charge in [-0.3, -0.25) is 0 Å². The summed E-state index contributed by atoms with van der Waals surface area (Å²) in [7, 11) is 0. The summed E-state index contributed by atoms with van der Waals surface area (Å²) in [5, 5.41) is 5.13. The average molecular weight is 210 g/mol. The molecule has 0 aliphatic heterocycles. The van der Waals surface area contributed by atoms with Crippen molar-refractivity contribution in [3.8, 4) is 0 Å². The Morgan fingerprint density at radius 1 is 0.786 bits per heavy atom. The minimum Gasteiger partial charge on any atom is -0.330 e. The maximum Gasteiger partial charge on any atom is 0.0428 e. The Hall–Kier alpha value is -0.160. The Morgan fingerprint density at radius 2 is 1.21 bits per heavy atom. The van der Waals surface area contributed by atoms with E-state index in [9.17, 15) is 0 Å². The van der Waals surface area contributed by atoms with Gasteiger partial charge in [0, 0.05) is 11.0 Å². The highest BCUT2D eigenvalue weighted by Crippen LogP contribution is 1.84. The van der Waals surface area contributed by atoms with Gasteiger partial charge in [-0.25, -0.2) is 0 Å². The zero-order valence-corrected chi connectivity index (χ0v) is 8.40. The molecule has 0 aromatic carbocycles. The van der Waals surface area contributed by atoms with Crippen molar-refractivity contribution in [3.05, 3.63) is 0 Å². The molecule has 4 nitrogen and oxygen atoms in total. The Morgan fingerprint density at radius 3 is 1.57 bits per heavy atom. The van der Waals surface area contributed by atoms with Gasteiger partial charge >= 0.3 is 0 Å². The zero-order valence-electron chi connectivity index (χ0n) is 16.4. The van der Waals surface area contributed by atoms with E-state index < -0.39 is 38.8 Å². The monoisotopic (exact) mass is 210 g/mol. The molecule has 0 aromatic rings. The highest BCUT2D eigenvalue weighted by Gasteiger charge is 1.89. The number of nitrogens with one attached hydrogen (secondary N) is 2. The molecular weight excluding hydrogens is 176 g/mol. The number of hydrogen-bond acceptors (Lipinski definition) is 4. The molecule has 0 amide bonds. The van der Waals surface area contributed by atoms with Gasteiger partial charge in [0.1, 0.15) is 0 Å². The number of unbranched alkanes of at least 4 members (excludes halogenated alkanes) is 1. The Labute approximate surface area is 99.0 Å². The summed E-state index contributed by atoms with van der Waals surface area (Å²) < 4.78 is 58.8. The quantitative estimate of drug-likeness (QED) is 0.351. The van der Waals surface area contributed by atoms with Crippen LogP contribution < -0.4 is 22.1 Å². The first-order valence-electron chi connectivity index (χ1n) is 8.70. The molecule has 0 atom stereocenters. The molecular formula is C10H26N4.